The summed E-state index contributed by atoms with van der Waals surface area (Å²) in [5.74, 6) is 0.230. The Kier molecular flexibility index (Phi) is 7.10. The van der Waals surface area contributed by atoms with Gasteiger partial charge in [-0.1, -0.05) is 6.08 Å². The summed E-state index contributed by atoms with van der Waals surface area (Å²) in [4.78, 5) is 45.8. The van der Waals surface area contributed by atoms with Crippen LogP contribution in [0.2, 0.25) is 0 Å². The molecule has 1 aliphatic carbocycles. The maximum Gasteiger partial charge on any atom is 0.519 e. The van der Waals surface area contributed by atoms with E-state index in [1.165, 1.54) is 30.3 Å². The van der Waals surface area contributed by atoms with Crippen LogP contribution in [0.3, 0.4) is 0 Å². The van der Waals surface area contributed by atoms with Gasteiger partial charge < -0.3 is 18.6 Å². The molecular weight excluding hydrogens is 472 g/mol. The minimum atomic E-state index is -0.991. The van der Waals surface area contributed by atoms with E-state index >= 15 is 0 Å². The summed E-state index contributed by atoms with van der Waals surface area (Å²) in [5.41, 5.74) is 0.951. The number of hydrogen-bond acceptors (Lipinski definition) is 9. The Bertz CT molecular complexity index is 1440. The summed E-state index contributed by atoms with van der Waals surface area (Å²) in [6, 6.07) is 11.4. The normalized spacial score (nSPS) is 14.6. The van der Waals surface area contributed by atoms with Gasteiger partial charge in [0.25, 0.3) is 5.69 Å². The molecule has 1 N–H and O–H groups in total. The van der Waals surface area contributed by atoms with E-state index in [4.69, 9.17) is 18.6 Å². The molecule has 0 saturated heterocycles. The Morgan fingerprint density at radius 1 is 1.14 bits per heavy atom. The summed E-state index contributed by atoms with van der Waals surface area (Å²) in [6.07, 6.45) is 3.72. The van der Waals surface area contributed by atoms with E-state index in [0.717, 1.165) is 10.9 Å². The van der Waals surface area contributed by atoms with Crippen molar-refractivity contribution < 1.29 is 33.1 Å². The molecule has 2 aromatic carbocycles. The van der Waals surface area contributed by atoms with Crippen LogP contribution in [0.25, 0.3) is 11.0 Å². The third-order valence-corrected chi connectivity index (χ3v) is 5.23. The number of nitro benzene ring substituents is 1. The first-order valence-corrected chi connectivity index (χ1v) is 10.8. The molecule has 1 aliphatic rings. The van der Waals surface area contributed by atoms with Crippen LogP contribution >= 0.6 is 0 Å². The fourth-order valence-electron chi connectivity index (χ4n) is 3.43. The molecule has 0 spiro atoms. The highest BCUT2D eigenvalue weighted by Gasteiger charge is 2.16. The molecule has 0 aliphatic heterocycles. The smallest absolute Gasteiger partial charge is 0.449 e. The van der Waals surface area contributed by atoms with Gasteiger partial charge in [0.15, 0.2) is 0 Å². The zero-order valence-corrected chi connectivity index (χ0v) is 19.0. The molecule has 1 aromatic heterocycles. The molecule has 36 heavy (non-hydrogen) atoms. The summed E-state index contributed by atoms with van der Waals surface area (Å²) in [7, 11) is 0. The summed E-state index contributed by atoms with van der Waals surface area (Å²) < 4.78 is 20.5. The summed E-state index contributed by atoms with van der Waals surface area (Å²) >= 11 is 0. The molecule has 1 unspecified atom stereocenters. The number of carbonyl (C=O) groups is 2. The van der Waals surface area contributed by atoms with Crippen molar-refractivity contribution in [2.75, 3.05) is 11.9 Å². The first kappa shape index (κ1) is 24.2. The van der Waals surface area contributed by atoms with Crippen molar-refractivity contribution in [3.8, 4) is 5.75 Å². The van der Waals surface area contributed by atoms with Gasteiger partial charge in [-0.05, 0) is 55.3 Å². The molecule has 1 atom stereocenters. The van der Waals surface area contributed by atoms with Gasteiger partial charge >= 0.3 is 17.9 Å². The van der Waals surface area contributed by atoms with Crippen molar-refractivity contribution in [2.45, 2.75) is 13.3 Å². The number of rotatable bonds is 6. The molecule has 1 heterocycles. The Morgan fingerprint density at radius 3 is 2.61 bits per heavy atom. The number of nitrogens with zero attached hydrogens (tertiary/aromatic N) is 1. The number of allylic oxidation sites excluding steroid dienone is 2. The Balaban J connectivity index is 1.22. The highest BCUT2D eigenvalue weighted by atomic mass is 16.7. The lowest BCUT2D eigenvalue weighted by Gasteiger charge is -2.16. The van der Waals surface area contributed by atoms with Gasteiger partial charge in [0, 0.05) is 41.3 Å². The van der Waals surface area contributed by atoms with E-state index in [0.29, 0.717) is 17.7 Å². The maximum absolute atomic E-state index is 12.2. The first-order chi connectivity index (χ1) is 17.3. The molecule has 3 aromatic rings. The van der Waals surface area contributed by atoms with Crippen molar-refractivity contribution in [1.82, 2.24) is 0 Å². The number of nitro groups is 1. The van der Waals surface area contributed by atoms with Crippen molar-refractivity contribution >= 4 is 34.6 Å². The maximum atomic E-state index is 12.2. The molecule has 11 heteroatoms. The second-order valence-electron chi connectivity index (χ2n) is 7.85. The van der Waals surface area contributed by atoms with Crippen molar-refractivity contribution in [3.05, 3.63) is 98.6 Å². The van der Waals surface area contributed by atoms with Gasteiger partial charge in [-0.2, -0.15) is 0 Å². The third kappa shape index (κ3) is 6.14. The van der Waals surface area contributed by atoms with Gasteiger partial charge in [0.2, 0.25) is 0 Å². The average Bonchev–Trinajstić information content (AvgIpc) is 2.83. The lowest BCUT2D eigenvalue weighted by molar-refractivity contribution is -0.384. The molecular formula is C25H20N2O9. The van der Waals surface area contributed by atoms with E-state index in [-0.39, 0.29) is 29.7 Å². The van der Waals surface area contributed by atoms with E-state index in [2.05, 4.69) is 5.32 Å². The van der Waals surface area contributed by atoms with Crippen molar-refractivity contribution in [3.63, 3.8) is 0 Å². The summed E-state index contributed by atoms with van der Waals surface area (Å²) in [6.45, 7) is 1.88. The van der Waals surface area contributed by atoms with E-state index in [1.807, 2.05) is 0 Å². The number of carbonyl (C=O) groups excluding carboxylic acids is 2. The minimum absolute atomic E-state index is 0.0845. The van der Waals surface area contributed by atoms with Gasteiger partial charge in [-0.25, -0.2) is 14.4 Å². The van der Waals surface area contributed by atoms with Gasteiger partial charge in [0.1, 0.15) is 17.1 Å². The number of hydrogen-bond donors (Lipinski definition) is 1. The molecule has 184 valence electrons. The van der Waals surface area contributed by atoms with E-state index < -0.39 is 22.8 Å². The lowest BCUT2D eigenvalue weighted by atomic mass is 10.0. The zero-order chi connectivity index (χ0) is 25.7. The number of amides is 1. The van der Waals surface area contributed by atoms with Crippen molar-refractivity contribution in [2.24, 2.45) is 5.92 Å². The fourth-order valence-corrected chi connectivity index (χ4v) is 3.43. The van der Waals surface area contributed by atoms with Crippen LogP contribution in [-0.4, -0.2) is 23.8 Å². The zero-order valence-electron chi connectivity index (χ0n) is 19.0. The SMILES string of the molecule is Cc1cc(=O)oc2cc(NC(=O)OCC3C=CC(OC(=O)Oc4ccc([N+](=O)[O-])cc4)=CC3)ccc12. The Morgan fingerprint density at radius 2 is 1.92 bits per heavy atom. The highest BCUT2D eigenvalue weighted by molar-refractivity contribution is 5.89. The van der Waals surface area contributed by atoms with E-state index in [1.54, 1.807) is 43.4 Å². The molecule has 4 rings (SSSR count). The molecule has 11 nitrogen and oxygen atoms in total. The second-order valence-corrected chi connectivity index (χ2v) is 7.85. The number of anilines is 1. The van der Waals surface area contributed by atoms with Gasteiger partial charge in [-0.15, -0.1) is 0 Å². The molecule has 1 amide bonds. The predicted octanol–water partition coefficient (Wildman–Crippen LogP) is 5.23. The number of aryl methyl sites for hydroxylation is 1. The highest BCUT2D eigenvalue weighted by Crippen LogP contribution is 2.22. The molecule has 0 fully saturated rings. The van der Waals surface area contributed by atoms with Crippen LogP contribution in [0, 0.1) is 23.0 Å². The molecule has 0 bridgehead atoms. The van der Waals surface area contributed by atoms with Crippen LogP contribution in [0.4, 0.5) is 21.0 Å². The van der Waals surface area contributed by atoms with Gasteiger partial charge in [-0.3, -0.25) is 15.4 Å². The van der Waals surface area contributed by atoms with Crippen LogP contribution in [0.1, 0.15) is 12.0 Å². The topological polar surface area (TPSA) is 147 Å². The number of ether oxygens (including phenoxy) is 3. The fraction of sp³-hybridized carbons (Fsp3) is 0.160. The number of benzene rings is 2. The number of non-ortho nitro benzene ring substituents is 1. The number of fused-ring (bicyclic) bond motifs is 1. The number of nitrogens with one attached hydrogen (secondary N) is 1. The molecule has 0 saturated carbocycles. The van der Waals surface area contributed by atoms with E-state index in [9.17, 15) is 24.5 Å². The first-order valence-electron chi connectivity index (χ1n) is 10.8. The van der Waals surface area contributed by atoms with Crippen LogP contribution in [-0.2, 0) is 9.47 Å². The standard InChI is InChI=1S/C25H20N2O9/c1-15-12-23(28)36-22-13-17(4-11-21(15)22)26-24(29)33-14-16-2-7-19(8-3-16)34-25(30)35-20-9-5-18(6-10-20)27(31)32/h2,4-13,16H,3,14H2,1H3,(H,26,29). The second kappa shape index (κ2) is 10.6. The molecule has 0 radical (unpaired) electrons. The quantitative estimate of drug-likeness (QED) is 0.160. The minimum Gasteiger partial charge on any atom is -0.449 e. The third-order valence-electron chi connectivity index (χ3n) is 5.23. The van der Waals surface area contributed by atoms with Crippen LogP contribution < -0.4 is 15.7 Å². The average molecular weight is 492 g/mol. The Hall–Kier alpha value is -4.93. The van der Waals surface area contributed by atoms with Crippen LogP contribution in [0.5, 0.6) is 5.75 Å². The van der Waals surface area contributed by atoms with Crippen LogP contribution in [0.15, 0.2) is 81.7 Å². The monoisotopic (exact) mass is 492 g/mol. The largest absolute Gasteiger partial charge is 0.519 e. The summed E-state index contributed by atoms with van der Waals surface area (Å²) in [5, 5.41) is 14.0. The lowest BCUT2D eigenvalue weighted by Crippen LogP contribution is -2.19. The van der Waals surface area contributed by atoms with Crippen molar-refractivity contribution in [1.29, 1.82) is 0 Å². The predicted molar refractivity (Wildman–Crippen MR) is 128 cm³/mol. The van der Waals surface area contributed by atoms with Gasteiger partial charge in [0.05, 0.1) is 11.5 Å². The Labute approximate surface area is 203 Å².